The maximum Gasteiger partial charge on any atom is 0.232 e. The number of likely N-dealkylation sites (tertiary alicyclic amines) is 1. The number of alkyl halides is 1. The Kier molecular flexibility index (Phi) is 3.79. The monoisotopic (exact) mass is 278 g/mol. The van der Waals surface area contributed by atoms with Crippen LogP contribution in [0.4, 0.5) is 0 Å². The highest BCUT2D eigenvalue weighted by molar-refractivity contribution is 14.1. The quantitative estimate of drug-likeness (QED) is 0.534. The summed E-state index contributed by atoms with van der Waals surface area (Å²) in [5, 5.41) is 8.62. The van der Waals surface area contributed by atoms with E-state index in [9.17, 15) is 4.79 Å². The van der Waals surface area contributed by atoms with Crippen molar-refractivity contribution in [2.45, 2.75) is 12.8 Å². The zero-order valence-electron chi connectivity index (χ0n) is 6.79. The molecule has 12 heavy (non-hydrogen) atoms. The summed E-state index contributed by atoms with van der Waals surface area (Å²) in [5.41, 5.74) is 0. The molecule has 4 heteroatoms. The van der Waals surface area contributed by atoms with Crippen molar-refractivity contribution >= 4 is 28.5 Å². The molecule has 66 valence electrons. The second-order valence-corrected chi connectivity index (χ2v) is 3.68. The minimum atomic E-state index is 0.170. The Balaban J connectivity index is 2.37. The first-order valence-corrected chi connectivity index (χ1v) is 5.54. The largest absolute Gasteiger partial charge is 0.342 e. The van der Waals surface area contributed by atoms with Crippen LogP contribution in [0.3, 0.4) is 0 Å². The van der Waals surface area contributed by atoms with E-state index in [1.807, 2.05) is 4.90 Å². The highest BCUT2D eigenvalue weighted by Crippen LogP contribution is 2.16. The van der Waals surface area contributed by atoms with E-state index < -0.39 is 0 Å². The average Bonchev–Trinajstić information content (AvgIpc) is 2.17. The van der Waals surface area contributed by atoms with Gasteiger partial charge in [0.15, 0.2) is 0 Å². The van der Waals surface area contributed by atoms with Crippen molar-refractivity contribution in [3.05, 3.63) is 0 Å². The van der Waals surface area contributed by atoms with Crippen LogP contribution < -0.4 is 0 Å². The van der Waals surface area contributed by atoms with Gasteiger partial charge in [0.2, 0.25) is 5.91 Å². The molecule has 0 unspecified atom stereocenters. The lowest BCUT2D eigenvalue weighted by Crippen LogP contribution is -2.38. The molecular weight excluding hydrogens is 267 g/mol. The van der Waals surface area contributed by atoms with Crippen molar-refractivity contribution in [3.8, 4) is 6.07 Å². The van der Waals surface area contributed by atoms with E-state index in [4.69, 9.17) is 5.26 Å². The molecule has 0 aliphatic carbocycles. The van der Waals surface area contributed by atoms with E-state index in [-0.39, 0.29) is 11.8 Å². The number of hydrogen-bond donors (Lipinski definition) is 0. The van der Waals surface area contributed by atoms with Crippen LogP contribution in [-0.2, 0) is 4.79 Å². The molecule has 0 radical (unpaired) electrons. The number of nitrogens with zero attached hydrogens (tertiary/aromatic N) is 2. The summed E-state index contributed by atoms with van der Waals surface area (Å²) in [6, 6.07) is 2.24. The number of halogens is 1. The predicted octanol–water partition coefficient (Wildman–Crippen LogP) is 1.18. The van der Waals surface area contributed by atoms with Crippen LogP contribution in [0.25, 0.3) is 0 Å². The number of piperidine rings is 1. The fraction of sp³-hybridized carbons (Fsp3) is 0.750. The zero-order valence-corrected chi connectivity index (χ0v) is 8.95. The van der Waals surface area contributed by atoms with E-state index in [1.54, 1.807) is 0 Å². The lowest BCUT2D eigenvalue weighted by molar-refractivity contribution is -0.129. The molecule has 1 amide bonds. The van der Waals surface area contributed by atoms with Gasteiger partial charge in [0.25, 0.3) is 0 Å². The molecule has 1 fully saturated rings. The highest BCUT2D eigenvalue weighted by atomic mass is 127. The molecule has 0 saturated carbocycles. The third kappa shape index (κ3) is 2.34. The van der Waals surface area contributed by atoms with Crippen LogP contribution in [-0.4, -0.2) is 28.3 Å². The van der Waals surface area contributed by atoms with E-state index in [0.29, 0.717) is 4.43 Å². The number of nitriles is 1. The molecule has 1 saturated heterocycles. The van der Waals surface area contributed by atoms with Crippen molar-refractivity contribution in [3.63, 3.8) is 0 Å². The van der Waals surface area contributed by atoms with Crippen LogP contribution in [0.2, 0.25) is 0 Å². The van der Waals surface area contributed by atoms with Crippen molar-refractivity contribution < 1.29 is 4.79 Å². The van der Waals surface area contributed by atoms with Gasteiger partial charge in [0.1, 0.15) is 0 Å². The zero-order chi connectivity index (χ0) is 8.97. The maximum atomic E-state index is 11.2. The van der Waals surface area contributed by atoms with Crippen molar-refractivity contribution in [1.82, 2.24) is 4.90 Å². The summed E-state index contributed by atoms with van der Waals surface area (Å²) in [5.74, 6) is 0.371. The number of amides is 1. The Morgan fingerprint density at radius 2 is 2.17 bits per heavy atom. The smallest absolute Gasteiger partial charge is 0.232 e. The van der Waals surface area contributed by atoms with Crippen LogP contribution in [0.5, 0.6) is 0 Å². The summed E-state index contributed by atoms with van der Waals surface area (Å²) >= 11 is 2.07. The van der Waals surface area contributed by atoms with E-state index in [0.717, 1.165) is 25.9 Å². The molecule has 1 aliphatic heterocycles. The Bertz CT molecular complexity index is 204. The molecular formula is C8H11IN2O. The molecule has 0 atom stereocenters. The summed E-state index contributed by atoms with van der Waals surface area (Å²) in [6.07, 6.45) is 1.69. The van der Waals surface area contributed by atoms with Crippen molar-refractivity contribution in [2.24, 2.45) is 5.92 Å². The minimum absolute atomic E-state index is 0.170. The van der Waals surface area contributed by atoms with E-state index in [1.165, 1.54) is 0 Å². The number of hydrogen-bond acceptors (Lipinski definition) is 2. The SMILES string of the molecule is N#CC1CCN(C(=O)CI)CC1. The third-order valence-corrected chi connectivity index (χ3v) is 2.80. The van der Waals surface area contributed by atoms with Crippen LogP contribution >= 0.6 is 22.6 Å². The molecule has 1 aliphatic rings. The second kappa shape index (κ2) is 4.65. The summed E-state index contributed by atoms with van der Waals surface area (Å²) < 4.78 is 0.551. The standard InChI is InChI=1S/C8H11IN2O/c9-5-8(12)11-3-1-7(6-10)2-4-11/h7H,1-5H2. The summed E-state index contributed by atoms with van der Waals surface area (Å²) in [6.45, 7) is 1.53. The molecule has 3 nitrogen and oxygen atoms in total. The Hall–Kier alpha value is -0.310. The summed E-state index contributed by atoms with van der Waals surface area (Å²) in [7, 11) is 0. The van der Waals surface area contributed by atoms with Gasteiger partial charge in [0, 0.05) is 19.0 Å². The van der Waals surface area contributed by atoms with Gasteiger partial charge >= 0.3 is 0 Å². The first-order valence-electron chi connectivity index (χ1n) is 4.01. The fourth-order valence-corrected chi connectivity index (χ4v) is 1.82. The van der Waals surface area contributed by atoms with Gasteiger partial charge in [-0.25, -0.2) is 0 Å². The van der Waals surface area contributed by atoms with Gasteiger partial charge in [-0.15, -0.1) is 0 Å². The Morgan fingerprint density at radius 1 is 1.58 bits per heavy atom. The molecule has 1 heterocycles. The predicted molar refractivity (Wildman–Crippen MR) is 53.8 cm³/mol. The van der Waals surface area contributed by atoms with Gasteiger partial charge < -0.3 is 4.90 Å². The number of rotatable bonds is 1. The Labute approximate surface area is 85.9 Å². The lowest BCUT2D eigenvalue weighted by atomic mass is 9.99. The molecule has 0 N–H and O–H groups in total. The van der Waals surface area contributed by atoms with Gasteiger partial charge in [0.05, 0.1) is 10.5 Å². The first-order chi connectivity index (χ1) is 5.77. The number of carbonyl (C=O) groups is 1. The molecule has 0 bridgehead atoms. The number of carbonyl (C=O) groups excluding carboxylic acids is 1. The van der Waals surface area contributed by atoms with Gasteiger partial charge in [-0.1, -0.05) is 22.6 Å². The fourth-order valence-electron chi connectivity index (χ4n) is 1.34. The molecule has 0 spiro atoms. The topological polar surface area (TPSA) is 44.1 Å². The molecule has 0 aromatic heterocycles. The van der Waals surface area contributed by atoms with Crippen molar-refractivity contribution in [2.75, 3.05) is 17.5 Å². The van der Waals surface area contributed by atoms with E-state index in [2.05, 4.69) is 28.7 Å². The molecule has 1 rings (SSSR count). The van der Waals surface area contributed by atoms with Gasteiger partial charge in [-0.05, 0) is 12.8 Å². The summed E-state index contributed by atoms with van der Waals surface area (Å²) in [4.78, 5) is 13.0. The highest BCUT2D eigenvalue weighted by Gasteiger charge is 2.21. The van der Waals surface area contributed by atoms with Gasteiger partial charge in [-0.3, -0.25) is 4.79 Å². The van der Waals surface area contributed by atoms with Gasteiger partial charge in [-0.2, -0.15) is 5.26 Å². The third-order valence-electron chi connectivity index (χ3n) is 2.14. The second-order valence-electron chi connectivity index (χ2n) is 2.92. The molecule has 0 aromatic rings. The van der Waals surface area contributed by atoms with Crippen LogP contribution in [0, 0.1) is 17.2 Å². The van der Waals surface area contributed by atoms with E-state index >= 15 is 0 Å². The van der Waals surface area contributed by atoms with Crippen LogP contribution in [0.1, 0.15) is 12.8 Å². The van der Waals surface area contributed by atoms with Crippen molar-refractivity contribution in [1.29, 1.82) is 5.26 Å². The van der Waals surface area contributed by atoms with Crippen LogP contribution in [0.15, 0.2) is 0 Å². The first kappa shape index (κ1) is 9.78. The minimum Gasteiger partial charge on any atom is -0.342 e. The maximum absolute atomic E-state index is 11.2. The average molecular weight is 278 g/mol. The normalized spacial score (nSPS) is 18.8. The Morgan fingerprint density at radius 3 is 2.58 bits per heavy atom. The molecule has 0 aromatic carbocycles. The lowest BCUT2D eigenvalue weighted by Gasteiger charge is -2.28.